The molecule has 6 heteroatoms. The van der Waals surface area contributed by atoms with E-state index in [2.05, 4.69) is 34.2 Å². The van der Waals surface area contributed by atoms with Crippen LogP contribution >= 0.6 is 11.8 Å². The van der Waals surface area contributed by atoms with Gasteiger partial charge in [-0.05, 0) is 12.0 Å². The Morgan fingerprint density at radius 3 is 2.60 bits per heavy atom. The van der Waals surface area contributed by atoms with Crippen LogP contribution in [0.2, 0.25) is 0 Å². The van der Waals surface area contributed by atoms with Crippen LogP contribution in [-0.2, 0) is 11.2 Å². The van der Waals surface area contributed by atoms with E-state index >= 15 is 0 Å². The molecule has 0 radical (unpaired) electrons. The van der Waals surface area contributed by atoms with E-state index in [-0.39, 0.29) is 5.91 Å². The van der Waals surface area contributed by atoms with Crippen molar-refractivity contribution >= 4 is 17.7 Å². The largest absolute Gasteiger partial charge is 0.348 e. The van der Waals surface area contributed by atoms with Gasteiger partial charge in [0, 0.05) is 19.7 Å². The molecule has 0 saturated heterocycles. The summed E-state index contributed by atoms with van der Waals surface area (Å²) in [6.45, 7) is 2.12. The summed E-state index contributed by atoms with van der Waals surface area (Å²) in [5.74, 6) is 1.13. The first-order chi connectivity index (χ1) is 9.60. The maximum absolute atomic E-state index is 11.5. The van der Waals surface area contributed by atoms with E-state index in [1.165, 1.54) is 17.3 Å². The highest BCUT2D eigenvalue weighted by Gasteiger charge is 2.09. The van der Waals surface area contributed by atoms with Gasteiger partial charge in [0.15, 0.2) is 5.82 Å². The van der Waals surface area contributed by atoms with Gasteiger partial charge in [-0.1, -0.05) is 43.0 Å². The number of rotatable bonds is 5. The summed E-state index contributed by atoms with van der Waals surface area (Å²) in [6, 6.07) is 8.22. The highest BCUT2D eigenvalue weighted by Crippen LogP contribution is 2.19. The second kappa shape index (κ2) is 6.56. The van der Waals surface area contributed by atoms with Crippen molar-refractivity contribution in [1.29, 1.82) is 0 Å². The van der Waals surface area contributed by atoms with Gasteiger partial charge in [-0.3, -0.25) is 9.89 Å². The van der Waals surface area contributed by atoms with E-state index in [0.717, 1.165) is 17.8 Å². The average molecular weight is 290 g/mol. The van der Waals surface area contributed by atoms with Gasteiger partial charge in [-0.25, -0.2) is 4.98 Å². The van der Waals surface area contributed by atoms with Crippen molar-refractivity contribution in [3.05, 3.63) is 29.8 Å². The molecule has 1 N–H and O–H groups in total. The third-order valence-electron chi connectivity index (χ3n) is 2.92. The normalized spacial score (nSPS) is 10.6. The number of nitrogens with zero attached hydrogens (tertiary/aromatic N) is 3. The SMILES string of the molecule is CCc1ccc(-c2nc(SCC(=O)N(C)C)n[nH]2)cc1. The van der Waals surface area contributed by atoms with Crippen LogP contribution in [-0.4, -0.2) is 45.8 Å². The van der Waals surface area contributed by atoms with Crippen molar-refractivity contribution in [1.82, 2.24) is 20.1 Å². The van der Waals surface area contributed by atoms with Crippen LogP contribution < -0.4 is 0 Å². The van der Waals surface area contributed by atoms with E-state index in [1.54, 1.807) is 19.0 Å². The van der Waals surface area contributed by atoms with Gasteiger partial charge in [0.05, 0.1) is 5.75 Å². The van der Waals surface area contributed by atoms with Crippen LogP contribution in [0, 0.1) is 0 Å². The lowest BCUT2D eigenvalue weighted by Crippen LogP contribution is -2.23. The predicted octanol–water partition coefficient (Wildman–Crippen LogP) is 2.21. The fraction of sp³-hybridized carbons (Fsp3) is 0.357. The molecular formula is C14H18N4OS. The highest BCUT2D eigenvalue weighted by atomic mass is 32.2. The number of aromatic nitrogens is 3. The molecule has 0 unspecified atom stereocenters. The number of hydrogen-bond donors (Lipinski definition) is 1. The first-order valence-electron chi connectivity index (χ1n) is 6.44. The number of thioether (sulfide) groups is 1. The Morgan fingerprint density at radius 2 is 2.00 bits per heavy atom. The molecule has 2 aromatic rings. The van der Waals surface area contributed by atoms with Gasteiger partial charge >= 0.3 is 0 Å². The van der Waals surface area contributed by atoms with E-state index in [4.69, 9.17) is 0 Å². The van der Waals surface area contributed by atoms with Crippen LogP contribution in [0.3, 0.4) is 0 Å². The molecule has 0 saturated carbocycles. The fourth-order valence-electron chi connectivity index (χ4n) is 1.59. The second-order valence-corrected chi connectivity index (χ2v) is 5.54. The van der Waals surface area contributed by atoms with Crippen molar-refractivity contribution in [2.45, 2.75) is 18.5 Å². The van der Waals surface area contributed by atoms with Crippen LogP contribution in [0.25, 0.3) is 11.4 Å². The van der Waals surface area contributed by atoms with E-state index < -0.39 is 0 Å². The molecular weight excluding hydrogens is 272 g/mol. The molecule has 0 spiro atoms. The standard InChI is InChI=1S/C14H18N4OS/c1-4-10-5-7-11(8-6-10)13-15-14(17-16-13)20-9-12(19)18(2)3/h5-8H,4,9H2,1-3H3,(H,15,16,17). The molecule has 1 heterocycles. The fourth-order valence-corrected chi connectivity index (χ4v) is 2.37. The van der Waals surface area contributed by atoms with E-state index in [9.17, 15) is 4.79 Å². The molecule has 20 heavy (non-hydrogen) atoms. The van der Waals surface area contributed by atoms with Gasteiger partial charge in [-0.15, -0.1) is 5.10 Å². The Labute approximate surface area is 122 Å². The van der Waals surface area contributed by atoms with Crippen LogP contribution in [0.4, 0.5) is 0 Å². The summed E-state index contributed by atoms with van der Waals surface area (Å²) >= 11 is 1.34. The molecule has 2 rings (SSSR count). The number of benzene rings is 1. The number of amides is 1. The number of carbonyl (C=O) groups excluding carboxylic acids is 1. The van der Waals surface area contributed by atoms with Gasteiger partial charge in [0.2, 0.25) is 11.1 Å². The topological polar surface area (TPSA) is 61.9 Å². The number of H-pyrrole nitrogens is 1. The lowest BCUT2D eigenvalue weighted by Gasteiger charge is -2.07. The molecule has 0 atom stereocenters. The molecule has 0 fully saturated rings. The number of carbonyl (C=O) groups is 1. The quantitative estimate of drug-likeness (QED) is 0.858. The zero-order valence-electron chi connectivity index (χ0n) is 11.9. The minimum atomic E-state index is 0.0497. The monoisotopic (exact) mass is 290 g/mol. The number of hydrogen-bond acceptors (Lipinski definition) is 4. The Kier molecular flexibility index (Phi) is 4.79. The first-order valence-corrected chi connectivity index (χ1v) is 7.43. The summed E-state index contributed by atoms with van der Waals surface area (Å²) in [5, 5.41) is 7.62. The van der Waals surface area contributed by atoms with Crippen LogP contribution in [0.1, 0.15) is 12.5 Å². The van der Waals surface area contributed by atoms with E-state index in [0.29, 0.717) is 10.9 Å². The van der Waals surface area contributed by atoms with Crippen LogP contribution in [0.15, 0.2) is 29.4 Å². The zero-order valence-corrected chi connectivity index (χ0v) is 12.7. The lowest BCUT2D eigenvalue weighted by atomic mass is 10.1. The maximum atomic E-state index is 11.5. The molecule has 1 aromatic carbocycles. The Hall–Kier alpha value is -1.82. The molecule has 0 aliphatic carbocycles. The summed E-state index contributed by atoms with van der Waals surface area (Å²) in [6.07, 6.45) is 1.02. The third-order valence-corrected chi connectivity index (χ3v) is 3.76. The molecule has 5 nitrogen and oxygen atoms in total. The maximum Gasteiger partial charge on any atom is 0.232 e. The van der Waals surface area contributed by atoms with Gasteiger partial charge in [0.1, 0.15) is 0 Å². The molecule has 106 valence electrons. The molecule has 0 aliphatic heterocycles. The highest BCUT2D eigenvalue weighted by molar-refractivity contribution is 7.99. The third kappa shape index (κ3) is 3.60. The molecule has 0 bridgehead atoms. The van der Waals surface area contributed by atoms with Crippen molar-refractivity contribution < 1.29 is 4.79 Å². The zero-order chi connectivity index (χ0) is 14.5. The van der Waals surface area contributed by atoms with Gasteiger partial charge in [0.25, 0.3) is 0 Å². The minimum absolute atomic E-state index is 0.0497. The van der Waals surface area contributed by atoms with Crippen LogP contribution in [0.5, 0.6) is 0 Å². The summed E-state index contributed by atoms with van der Waals surface area (Å²) in [5.41, 5.74) is 2.29. The van der Waals surface area contributed by atoms with Crippen molar-refractivity contribution in [3.63, 3.8) is 0 Å². The molecule has 1 amide bonds. The van der Waals surface area contributed by atoms with Crippen molar-refractivity contribution in [2.75, 3.05) is 19.8 Å². The van der Waals surface area contributed by atoms with E-state index in [1.807, 2.05) is 12.1 Å². The summed E-state index contributed by atoms with van der Waals surface area (Å²) in [4.78, 5) is 17.5. The molecule has 0 aliphatic rings. The van der Waals surface area contributed by atoms with Crippen molar-refractivity contribution in [3.8, 4) is 11.4 Å². The number of nitrogens with one attached hydrogen (secondary N) is 1. The Balaban J connectivity index is 2.02. The van der Waals surface area contributed by atoms with Gasteiger partial charge < -0.3 is 4.90 Å². The first kappa shape index (κ1) is 14.6. The van der Waals surface area contributed by atoms with Gasteiger partial charge in [-0.2, -0.15) is 0 Å². The number of aryl methyl sites for hydroxylation is 1. The average Bonchev–Trinajstić information content (AvgIpc) is 2.93. The minimum Gasteiger partial charge on any atom is -0.348 e. The second-order valence-electron chi connectivity index (χ2n) is 4.59. The smallest absolute Gasteiger partial charge is 0.232 e. The Morgan fingerprint density at radius 1 is 1.30 bits per heavy atom. The predicted molar refractivity (Wildman–Crippen MR) is 80.6 cm³/mol. The van der Waals surface area contributed by atoms with Crippen molar-refractivity contribution in [2.24, 2.45) is 0 Å². The Bertz CT molecular complexity index is 577. The summed E-state index contributed by atoms with van der Waals surface area (Å²) < 4.78 is 0. The number of aromatic amines is 1. The summed E-state index contributed by atoms with van der Waals surface area (Å²) in [7, 11) is 3.48. The lowest BCUT2D eigenvalue weighted by molar-refractivity contribution is -0.125. The molecule has 1 aromatic heterocycles.